The number of rotatable bonds is 8. The Balaban J connectivity index is 3.23. The fraction of sp³-hybridized carbons (Fsp3) is 0.600. The molecule has 0 radical (unpaired) electrons. The number of methoxy groups -OCH3 is 3. The molecule has 3 N–H and O–H groups in total. The van der Waals surface area contributed by atoms with Gasteiger partial charge < -0.3 is 29.8 Å². The second-order valence-electron chi connectivity index (χ2n) is 4.75. The Morgan fingerprint density at radius 1 is 1.05 bits per heavy atom. The van der Waals surface area contributed by atoms with E-state index in [-0.39, 0.29) is 12.6 Å². The number of aliphatic hydroxyl groups is 1. The predicted molar refractivity (Wildman–Crippen MR) is 80.1 cm³/mol. The molecule has 0 bridgehead atoms. The van der Waals surface area contributed by atoms with Crippen LogP contribution in [0.25, 0.3) is 0 Å². The molecular weight excluding hydrogens is 274 g/mol. The first kappa shape index (κ1) is 17.6. The van der Waals surface area contributed by atoms with E-state index < -0.39 is 12.2 Å². The SMILES string of the molecule is COc1cc(OC)c(C(CN)OC(C)C(C)O)c(OC)c1. The van der Waals surface area contributed by atoms with Crippen molar-refractivity contribution in [1.82, 2.24) is 0 Å². The fourth-order valence-corrected chi connectivity index (χ4v) is 1.96. The van der Waals surface area contributed by atoms with E-state index in [0.29, 0.717) is 22.8 Å². The highest BCUT2D eigenvalue weighted by molar-refractivity contribution is 5.52. The van der Waals surface area contributed by atoms with Crippen LogP contribution in [0.1, 0.15) is 25.5 Å². The highest BCUT2D eigenvalue weighted by Gasteiger charge is 2.25. The number of hydrogen-bond donors (Lipinski definition) is 2. The van der Waals surface area contributed by atoms with E-state index in [4.69, 9.17) is 24.7 Å². The van der Waals surface area contributed by atoms with Crippen molar-refractivity contribution < 1.29 is 24.1 Å². The summed E-state index contributed by atoms with van der Waals surface area (Å²) in [5, 5.41) is 9.60. The molecule has 0 aliphatic carbocycles. The third-order valence-electron chi connectivity index (χ3n) is 3.35. The molecule has 0 aliphatic rings. The van der Waals surface area contributed by atoms with Gasteiger partial charge in [0.1, 0.15) is 23.4 Å². The molecule has 0 aliphatic heterocycles. The van der Waals surface area contributed by atoms with Crippen molar-refractivity contribution in [3.8, 4) is 17.2 Å². The van der Waals surface area contributed by atoms with Gasteiger partial charge >= 0.3 is 0 Å². The topological polar surface area (TPSA) is 83.2 Å². The molecule has 120 valence electrons. The van der Waals surface area contributed by atoms with Crippen LogP contribution in [0.2, 0.25) is 0 Å². The predicted octanol–water partition coefficient (Wildman–Crippen LogP) is 1.50. The van der Waals surface area contributed by atoms with Gasteiger partial charge in [0.15, 0.2) is 0 Å². The summed E-state index contributed by atoms with van der Waals surface area (Å²) in [6, 6.07) is 3.49. The van der Waals surface area contributed by atoms with E-state index in [1.165, 1.54) is 0 Å². The summed E-state index contributed by atoms with van der Waals surface area (Å²) in [6.07, 6.45) is -1.42. The molecule has 0 spiro atoms. The largest absolute Gasteiger partial charge is 0.496 e. The van der Waals surface area contributed by atoms with E-state index in [1.54, 1.807) is 47.3 Å². The maximum atomic E-state index is 9.60. The van der Waals surface area contributed by atoms with Crippen molar-refractivity contribution >= 4 is 0 Å². The summed E-state index contributed by atoms with van der Waals surface area (Å²) in [5.41, 5.74) is 6.53. The van der Waals surface area contributed by atoms with E-state index in [0.717, 1.165) is 0 Å². The smallest absolute Gasteiger partial charge is 0.132 e. The van der Waals surface area contributed by atoms with Crippen molar-refractivity contribution in [3.63, 3.8) is 0 Å². The molecule has 6 heteroatoms. The molecule has 1 aromatic carbocycles. The maximum Gasteiger partial charge on any atom is 0.132 e. The zero-order valence-corrected chi connectivity index (χ0v) is 13.3. The average Bonchev–Trinajstić information content (AvgIpc) is 2.50. The Kier molecular flexibility index (Phi) is 6.74. The third-order valence-corrected chi connectivity index (χ3v) is 3.35. The van der Waals surface area contributed by atoms with Gasteiger partial charge in [-0.3, -0.25) is 0 Å². The lowest BCUT2D eigenvalue weighted by Crippen LogP contribution is -2.28. The summed E-state index contributed by atoms with van der Waals surface area (Å²) in [5.74, 6) is 1.76. The molecule has 6 nitrogen and oxygen atoms in total. The lowest BCUT2D eigenvalue weighted by atomic mass is 10.1. The van der Waals surface area contributed by atoms with Crippen LogP contribution in [0.15, 0.2) is 12.1 Å². The summed E-state index contributed by atoms with van der Waals surface area (Å²) in [7, 11) is 4.69. The minimum atomic E-state index is -0.603. The van der Waals surface area contributed by atoms with Gasteiger partial charge in [0.25, 0.3) is 0 Å². The third kappa shape index (κ3) is 4.23. The highest BCUT2D eigenvalue weighted by atomic mass is 16.5. The van der Waals surface area contributed by atoms with Crippen LogP contribution in [-0.4, -0.2) is 45.2 Å². The van der Waals surface area contributed by atoms with Crippen LogP contribution < -0.4 is 19.9 Å². The zero-order valence-electron chi connectivity index (χ0n) is 13.3. The monoisotopic (exact) mass is 299 g/mol. The van der Waals surface area contributed by atoms with E-state index in [1.807, 2.05) is 0 Å². The normalized spacial score (nSPS) is 15.2. The molecule has 0 heterocycles. The van der Waals surface area contributed by atoms with Gasteiger partial charge in [-0.25, -0.2) is 0 Å². The first-order valence-electron chi connectivity index (χ1n) is 6.81. The van der Waals surface area contributed by atoms with Crippen molar-refractivity contribution in [1.29, 1.82) is 0 Å². The van der Waals surface area contributed by atoms with Gasteiger partial charge in [0, 0.05) is 18.7 Å². The molecule has 21 heavy (non-hydrogen) atoms. The van der Waals surface area contributed by atoms with Crippen LogP contribution >= 0.6 is 0 Å². The van der Waals surface area contributed by atoms with Gasteiger partial charge in [-0.1, -0.05) is 0 Å². The quantitative estimate of drug-likeness (QED) is 0.757. The van der Waals surface area contributed by atoms with Crippen LogP contribution in [-0.2, 0) is 4.74 Å². The number of benzene rings is 1. The van der Waals surface area contributed by atoms with E-state index in [9.17, 15) is 5.11 Å². The molecule has 0 aromatic heterocycles. The van der Waals surface area contributed by atoms with Gasteiger partial charge in [-0.2, -0.15) is 0 Å². The van der Waals surface area contributed by atoms with Crippen LogP contribution in [0.5, 0.6) is 17.2 Å². The first-order valence-corrected chi connectivity index (χ1v) is 6.81. The second kappa shape index (κ2) is 8.07. The van der Waals surface area contributed by atoms with Gasteiger partial charge in [0.2, 0.25) is 0 Å². The van der Waals surface area contributed by atoms with Crippen molar-refractivity contribution in [3.05, 3.63) is 17.7 Å². The standard InChI is InChI=1S/C15H25NO5/c1-9(17)10(2)21-14(8-16)15-12(19-4)6-11(18-3)7-13(15)20-5/h6-7,9-10,14,17H,8,16H2,1-5H3. The summed E-state index contributed by atoms with van der Waals surface area (Å²) >= 11 is 0. The van der Waals surface area contributed by atoms with Crippen LogP contribution in [0.3, 0.4) is 0 Å². The Bertz CT molecular complexity index is 425. The van der Waals surface area contributed by atoms with Gasteiger partial charge in [-0.05, 0) is 13.8 Å². The number of aliphatic hydroxyl groups excluding tert-OH is 1. The molecule has 0 fully saturated rings. The fourth-order valence-electron chi connectivity index (χ4n) is 1.96. The Morgan fingerprint density at radius 3 is 1.90 bits per heavy atom. The van der Waals surface area contributed by atoms with Crippen LogP contribution in [0, 0.1) is 0 Å². The first-order chi connectivity index (χ1) is 9.98. The summed E-state index contributed by atoms with van der Waals surface area (Å²) in [4.78, 5) is 0. The average molecular weight is 299 g/mol. The molecular formula is C15H25NO5. The minimum Gasteiger partial charge on any atom is -0.496 e. The molecule has 3 atom stereocenters. The zero-order chi connectivity index (χ0) is 16.0. The minimum absolute atomic E-state index is 0.232. The lowest BCUT2D eigenvalue weighted by Gasteiger charge is -2.26. The molecule has 0 saturated carbocycles. The van der Waals surface area contributed by atoms with Crippen molar-refractivity contribution in [2.75, 3.05) is 27.9 Å². The van der Waals surface area contributed by atoms with Crippen molar-refractivity contribution in [2.24, 2.45) is 5.73 Å². The number of nitrogens with two attached hydrogens (primary N) is 1. The lowest BCUT2D eigenvalue weighted by molar-refractivity contribution is -0.0604. The van der Waals surface area contributed by atoms with E-state index >= 15 is 0 Å². The number of ether oxygens (including phenoxy) is 4. The van der Waals surface area contributed by atoms with Gasteiger partial charge in [-0.15, -0.1) is 0 Å². The van der Waals surface area contributed by atoms with Crippen LogP contribution in [0.4, 0.5) is 0 Å². The number of hydrogen-bond acceptors (Lipinski definition) is 6. The Labute approximate surface area is 125 Å². The Hall–Kier alpha value is -1.50. The summed E-state index contributed by atoms with van der Waals surface area (Å²) < 4.78 is 21.8. The summed E-state index contributed by atoms with van der Waals surface area (Å²) in [6.45, 7) is 3.69. The molecule has 3 unspecified atom stereocenters. The molecule has 1 aromatic rings. The van der Waals surface area contributed by atoms with Gasteiger partial charge in [0.05, 0.1) is 39.1 Å². The molecule has 0 saturated heterocycles. The molecule has 1 rings (SSSR count). The highest BCUT2D eigenvalue weighted by Crippen LogP contribution is 2.39. The molecule has 0 amide bonds. The maximum absolute atomic E-state index is 9.60. The second-order valence-corrected chi connectivity index (χ2v) is 4.75. The van der Waals surface area contributed by atoms with E-state index in [2.05, 4.69) is 0 Å². The van der Waals surface area contributed by atoms with Crippen molar-refractivity contribution in [2.45, 2.75) is 32.2 Å². The Morgan fingerprint density at radius 2 is 1.57 bits per heavy atom.